The van der Waals surface area contributed by atoms with Gasteiger partial charge in [-0.05, 0) is 44.2 Å². The van der Waals surface area contributed by atoms with Gasteiger partial charge in [0.15, 0.2) is 5.78 Å². The van der Waals surface area contributed by atoms with Gasteiger partial charge in [-0.25, -0.2) is 0 Å². The molecule has 1 aromatic carbocycles. The molecule has 1 atom stereocenters. The van der Waals surface area contributed by atoms with Crippen molar-refractivity contribution in [3.05, 3.63) is 35.4 Å². The normalized spacial score (nSPS) is 22.6. The number of hydrogen-bond acceptors (Lipinski definition) is 3. The fourth-order valence-corrected chi connectivity index (χ4v) is 2.97. The van der Waals surface area contributed by atoms with E-state index in [9.17, 15) is 9.59 Å². The largest absolute Gasteiger partial charge is 0.465 e. The molecule has 1 fully saturated rings. The number of ether oxygens (including phenoxy) is 1. The molecule has 0 radical (unpaired) electrons. The second-order valence-corrected chi connectivity index (χ2v) is 5.54. The van der Waals surface area contributed by atoms with Crippen molar-refractivity contribution in [1.29, 1.82) is 0 Å². The van der Waals surface area contributed by atoms with Crippen LogP contribution in [0.4, 0.5) is 0 Å². The summed E-state index contributed by atoms with van der Waals surface area (Å²) in [5.74, 6) is -0.293. The van der Waals surface area contributed by atoms with Crippen molar-refractivity contribution < 1.29 is 14.3 Å². The molecular weight excluding hydrogens is 252 g/mol. The topological polar surface area (TPSA) is 43.4 Å². The lowest BCUT2D eigenvalue weighted by Gasteiger charge is -2.33. The first-order valence-corrected chi connectivity index (χ1v) is 7.35. The third kappa shape index (κ3) is 2.77. The molecule has 1 saturated carbocycles. The van der Waals surface area contributed by atoms with Crippen LogP contribution in [0.15, 0.2) is 24.3 Å². The van der Waals surface area contributed by atoms with Crippen LogP contribution in [0.1, 0.15) is 43.7 Å². The van der Waals surface area contributed by atoms with Crippen molar-refractivity contribution in [2.75, 3.05) is 6.61 Å². The monoisotopic (exact) mass is 274 g/mol. The smallest absolute Gasteiger partial charge is 0.319 e. The molecule has 1 aromatic rings. The number of esters is 1. The molecule has 20 heavy (non-hydrogen) atoms. The lowest BCUT2D eigenvalue weighted by atomic mass is 9.69. The molecule has 0 bridgehead atoms. The number of rotatable bonds is 4. The fourth-order valence-electron chi connectivity index (χ4n) is 2.97. The Balaban J connectivity index is 2.34. The van der Waals surface area contributed by atoms with E-state index in [1.165, 1.54) is 0 Å². The molecule has 3 heteroatoms. The summed E-state index contributed by atoms with van der Waals surface area (Å²) >= 11 is 0. The van der Waals surface area contributed by atoms with E-state index in [-0.39, 0.29) is 11.8 Å². The summed E-state index contributed by atoms with van der Waals surface area (Å²) < 4.78 is 5.21. The summed E-state index contributed by atoms with van der Waals surface area (Å²) in [7, 11) is 0. The summed E-state index contributed by atoms with van der Waals surface area (Å²) in [6.07, 6.45) is 3.37. The van der Waals surface area contributed by atoms with Crippen LogP contribution in [0.25, 0.3) is 0 Å². The Morgan fingerprint density at radius 2 is 2.05 bits per heavy atom. The number of aryl methyl sites for hydroxylation is 1. The molecule has 3 nitrogen and oxygen atoms in total. The van der Waals surface area contributed by atoms with Gasteiger partial charge < -0.3 is 4.74 Å². The molecule has 0 aliphatic heterocycles. The van der Waals surface area contributed by atoms with Gasteiger partial charge in [0.1, 0.15) is 5.41 Å². The van der Waals surface area contributed by atoms with Crippen molar-refractivity contribution in [2.45, 2.75) is 46.0 Å². The predicted octanol–water partition coefficient (Wildman–Crippen LogP) is 3.23. The summed E-state index contributed by atoms with van der Waals surface area (Å²) in [6.45, 7) is 4.12. The standard InChI is InChI=1S/C17H22O3/c1-3-20-16(19)17(11-7-6-10-15(17)18)12-14-9-5-4-8-13(14)2/h4-5,8-9H,3,6-7,10-12H2,1-2H3. The van der Waals surface area contributed by atoms with Gasteiger partial charge in [-0.1, -0.05) is 30.7 Å². The Hall–Kier alpha value is -1.64. The highest BCUT2D eigenvalue weighted by atomic mass is 16.5. The Kier molecular flexibility index (Phi) is 4.58. The van der Waals surface area contributed by atoms with Crippen LogP contribution < -0.4 is 0 Å². The maximum atomic E-state index is 12.4. The van der Waals surface area contributed by atoms with Crippen molar-refractivity contribution in [2.24, 2.45) is 5.41 Å². The first-order valence-electron chi connectivity index (χ1n) is 7.35. The zero-order chi connectivity index (χ0) is 14.6. The zero-order valence-electron chi connectivity index (χ0n) is 12.3. The summed E-state index contributed by atoms with van der Waals surface area (Å²) in [5, 5.41) is 0. The number of carbonyl (C=O) groups is 2. The molecule has 0 N–H and O–H groups in total. The van der Waals surface area contributed by atoms with E-state index >= 15 is 0 Å². The third-order valence-electron chi connectivity index (χ3n) is 4.21. The van der Waals surface area contributed by atoms with Gasteiger partial charge in [0, 0.05) is 6.42 Å². The molecule has 2 rings (SSSR count). The Morgan fingerprint density at radius 1 is 1.30 bits per heavy atom. The van der Waals surface area contributed by atoms with Crippen molar-refractivity contribution in [3.8, 4) is 0 Å². The van der Waals surface area contributed by atoms with E-state index in [4.69, 9.17) is 4.74 Å². The number of ketones is 1. The van der Waals surface area contributed by atoms with Crippen LogP contribution in [0.5, 0.6) is 0 Å². The molecule has 0 spiro atoms. The molecule has 0 saturated heterocycles. The van der Waals surface area contributed by atoms with E-state index < -0.39 is 5.41 Å². The highest BCUT2D eigenvalue weighted by Crippen LogP contribution is 2.38. The maximum Gasteiger partial charge on any atom is 0.319 e. The van der Waals surface area contributed by atoms with Crippen LogP contribution in [0.3, 0.4) is 0 Å². The Labute approximate surface area is 120 Å². The minimum Gasteiger partial charge on any atom is -0.465 e. The van der Waals surface area contributed by atoms with Gasteiger partial charge in [0.25, 0.3) is 0 Å². The highest BCUT2D eigenvalue weighted by molar-refractivity contribution is 6.04. The second-order valence-electron chi connectivity index (χ2n) is 5.54. The van der Waals surface area contributed by atoms with Gasteiger partial charge in [-0.15, -0.1) is 0 Å². The van der Waals surface area contributed by atoms with Gasteiger partial charge in [0.2, 0.25) is 0 Å². The van der Waals surface area contributed by atoms with Gasteiger partial charge in [-0.3, -0.25) is 9.59 Å². The molecule has 1 aliphatic rings. The molecule has 108 valence electrons. The molecule has 0 amide bonds. The zero-order valence-corrected chi connectivity index (χ0v) is 12.3. The number of benzene rings is 1. The van der Waals surface area contributed by atoms with Crippen LogP contribution in [0, 0.1) is 12.3 Å². The Bertz CT molecular complexity index is 507. The van der Waals surface area contributed by atoms with E-state index in [0.717, 1.165) is 24.0 Å². The molecule has 1 unspecified atom stereocenters. The number of carbonyl (C=O) groups excluding carboxylic acids is 2. The first kappa shape index (κ1) is 14.8. The van der Waals surface area contributed by atoms with Crippen LogP contribution >= 0.6 is 0 Å². The van der Waals surface area contributed by atoms with E-state index in [1.807, 2.05) is 31.2 Å². The molecule has 0 aromatic heterocycles. The average Bonchev–Trinajstić information content (AvgIpc) is 2.44. The first-order chi connectivity index (χ1) is 9.60. The van der Waals surface area contributed by atoms with Crippen LogP contribution in [0.2, 0.25) is 0 Å². The minimum absolute atomic E-state index is 0.0467. The van der Waals surface area contributed by atoms with Gasteiger partial charge in [-0.2, -0.15) is 0 Å². The van der Waals surface area contributed by atoms with E-state index in [0.29, 0.717) is 25.9 Å². The SMILES string of the molecule is CCOC(=O)C1(Cc2ccccc2C)CCCCC1=O. The third-order valence-corrected chi connectivity index (χ3v) is 4.21. The van der Waals surface area contributed by atoms with E-state index in [1.54, 1.807) is 6.92 Å². The second kappa shape index (κ2) is 6.21. The summed E-state index contributed by atoms with van der Waals surface area (Å²) in [6, 6.07) is 7.94. The number of hydrogen-bond donors (Lipinski definition) is 0. The van der Waals surface area contributed by atoms with Gasteiger partial charge in [0.05, 0.1) is 6.61 Å². The summed E-state index contributed by atoms with van der Waals surface area (Å²) in [5.41, 5.74) is 1.23. The Morgan fingerprint density at radius 3 is 2.70 bits per heavy atom. The molecule has 1 aliphatic carbocycles. The quantitative estimate of drug-likeness (QED) is 0.625. The highest BCUT2D eigenvalue weighted by Gasteiger charge is 2.47. The van der Waals surface area contributed by atoms with Crippen molar-refractivity contribution >= 4 is 11.8 Å². The molecule has 0 heterocycles. The predicted molar refractivity (Wildman–Crippen MR) is 77.4 cm³/mol. The lowest BCUT2D eigenvalue weighted by molar-refractivity contribution is -0.162. The van der Waals surface area contributed by atoms with Crippen LogP contribution in [-0.2, 0) is 20.7 Å². The maximum absolute atomic E-state index is 12.4. The average molecular weight is 274 g/mol. The lowest BCUT2D eigenvalue weighted by Crippen LogP contribution is -2.44. The number of Topliss-reactive ketones (excluding diaryl/α,β-unsaturated/α-hetero) is 1. The minimum atomic E-state index is -0.958. The van der Waals surface area contributed by atoms with Crippen molar-refractivity contribution in [3.63, 3.8) is 0 Å². The van der Waals surface area contributed by atoms with E-state index in [2.05, 4.69) is 0 Å². The van der Waals surface area contributed by atoms with Crippen molar-refractivity contribution in [1.82, 2.24) is 0 Å². The molecular formula is C17H22O3. The fraction of sp³-hybridized carbons (Fsp3) is 0.529. The van der Waals surface area contributed by atoms with Gasteiger partial charge >= 0.3 is 5.97 Å². The van der Waals surface area contributed by atoms with Crippen LogP contribution in [-0.4, -0.2) is 18.4 Å². The summed E-state index contributed by atoms with van der Waals surface area (Å²) in [4.78, 5) is 24.9.